The summed E-state index contributed by atoms with van der Waals surface area (Å²) in [4.78, 5) is 22.5. The largest absolute Gasteiger partial charge is 0.393 e. The molecule has 6 nitrogen and oxygen atoms in total. The maximum absolute atomic E-state index is 11.7. The number of nitro groups is 1. The minimum Gasteiger partial charge on any atom is -0.393 e. The molecule has 0 aromatic carbocycles. The van der Waals surface area contributed by atoms with Gasteiger partial charge in [-0.25, -0.2) is 0 Å². The lowest BCUT2D eigenvalue weighted by molar-refractivity contribution is -0.380. The molecular formula is C13H16N2O4S. The maximum Gasteiger partial charge on any atom is 0.324 e. The van der Waals surface area contributed by atoms with Crippen LogP contribution in [0.15, 0.2) is 18.2 Å². The Morgan fingerprint density at radius 1 is 1.40 bits per heavy atom. The molecule has 0 aliphatic heterocycles. The number of rotatable bonds is 4. The zero-order valence-corrected chi connectivity index (χ0v) is 11.6. The average Bonchev–Trinajstić information content (AvgIpc) is 2.88. The van der Waals surface area contributed by atoms with Gasteiger partial charge >= 0.3 is 5.00 Å². The van der Waals surface area contributed by atoms with E-state index in [1.165, 1.54) is 12.1 Å². The van der Waals surface area contributed by atoms with Crippen molar-refractivity contribution in [3.05, 3.63) is 33.2 Å². The highest BCUT2D eigenvalue weighted by atomic mass is 32.1. The van der Waals surface area contributed by atoms with E-state index in [0.717, 1.165) is 24.2 Å². The molecule has 1 aliphatic carbocycles. The Balaban J connectivity index is 1.84. The number of thiophene rings is 1. The SMILES string of the molecule is O=C(/C=C/c1ccc([N+](=O)[O-])s1)NC1CCC(O)CC1. The number of nitrogens with one attached hydrogen (secondary N) is 1. The molecule has 1 saturated carbocycles. The fourth-order valence-electron chi connectivity index (χ4n) is 2.16. The van der Waals surface area contributed by atoms with Crippen LogP contribution in [0.3, 0.4) is 0 Å². The fourth-order valence-corrected chi connectivity index (χ4v) is 2.88. The van der Waals surface area contributed by atoms with E-state index < -0.39 is 4.92 Å². The molecule has 0 saturated heterocycles. The van der Waals surface area contributed by atoms with E-state index in [1.54, 1.807) is 12.1 Å². The molecule has 0 atom stereocenters. The van der Waals surface area contributed by atoms with Crippen LogP contribution in [0.5, 0.6) is 0 Å². The van der Waals surface area contributed by atoms with E-state index in [0.29, 0.717) is 17.7 Å². The van der Waals surface area contributed by atoms with E-state index in [2.05, 4.69) is 5.32 Å². The van der Waals surface area contributed by atoms with Crippen LogP contribution in [-0.2, 0) is 4.79 Å². The van der Waals surface area contributed by atoms with Gasteiger partial charge in [0.25, 0.3) is 0 Å². The lowest BCUT2D eigenvalue weighted by Gasteiger charge is -2.25. The molecule has 1 heterocycles. The van der Waals surface area contributed by atoms with Gasteiger partial charge in [-0.2, -0.15) is 0 Å². The summed E-state index contributed by atoms with van der Waals surface area (Å²) in [6, 6.07) is 3.14. The topological polar surface area (TPSA) is 92.5 Å². The average molecular weight is 296 g/mol. The second-order valence-electron chi connectivity index (χ2n) is 4.78. The summed E-state index contributed by atoms with van der Waals surface area (Å²) in [7, 11) is 0. The molecule has 1 aliphatic rings. The van der Waals surface area contributed by atoms with Gasteiger partial charge in [0.2, 0.25) is 5.91 Å². The van der Waals surface area contributed by atoms with E-state index in [1.807, 2.05) is 0 Å². The molecule has 1 aromatic heterocycles. The van der Waals surface area contributed by atoms with Crippen molar-refractivity contribution in [2.45, 2.75) is 37.8 Å². The molecule has 20 heavy (non-hydrogen) atoms. The number of hydrogen-bond acceptors (Lipinski definition) is 5. The van der Waals surface area contributed by atoms with Crippen molar-refractivity contribution in [2.75, 3.05) is 0 Å². The summed E-state index contributed by atoms with van der Waals surface area (Å²) < 4.78 is 0. The van der Waals surface area contributed by atoms with Crippen molar-refractivity contribution in [3.63, 3.8) is 0 Å². The van der Waals surface area contributed by atoms with Crippen LogP contribution in [0.1, 0.15) is 30.6 Å². The number of carbonyl (C=O) groups is 1. The number of carbonyl (C=O) groups excluding carboxylic acids is 1. The Kier molecular flexibility index (Phi) is 4.86. The number of hydrogen-bond donors (Lipinski definition) is 2. The van der Waals surface area contributed by atoms with Gasteiger partial charge in [-0.1, -0.05) is 11.3 Å². The van der Waals surface area contributed by atoms with E-state index in [-0.39, 0.29) is 23.1 Å². The molecule has 0 bridgehead atoms. The molecule has 2 N–H and O–H groups in total. The number of aliphatic hydroxyl groups excluding tert-OH is 1. The smallest absolute Gasteiger partial charge is 0.324 e. The van der Waals surface area contributed by atoms with Crippen LogP contribution in [0.4, 0.5) is 5.00 Å². The van der Waals surface area contributed by atoms with Gasteiger partial charge in [0.15, 0.2) is 0 Å². The Labute approximate surface area is 120 Å². The van der Waals surface area contributed by atoms with Gasteiger partial charge in [-0.05, 0) is 37.8 Å². The predicted octanol–water partition coefficient (Wildman–Crippen LogP) is 2.09. The Hall–Kier alpha value is -1.73. The normalized spacial score (nSPS) is 22.9. The third-order valence-corrected chi connectivity index (χ3v) is 4.24. The lowest BCUT2D eigenvalue weighted by Crippen LogP contribution is -2.37. The standard InChI is InChI=1S/C13H16N2O4S/c16-10-3-1-9(2-4-10)14-12(17)7-5-11-6-8-13(20-11)15(18)19/h5-10,16H,1-4H2,(H,14,17)/b7-5+. The molecule has 0 spiro atoms. The Bertz CT molecular complexity index is 518. The molecule has 1 fully saturated rings. The van der Waals surface area contributed by atoms with Crippen LogP contribution < -0.4 is 5.32 Å². The van der Waals surface area contributed by atoms with Gasteiger partial charge in [0.05, 0.1) is 11.0 Å². The number of nitrogens with zero attached hydrogens (tertiary/aromatic N) is 1. The zero-order chi connectivity index (χ0) is 14.5. The van der Waals surface area contributed by atoms with E-state index in [4.69, 9.17) is 0 Å². The first-order chi connectivity index (χ1) is 9.54. The van der Waals surface area contributed by atoms with Crippen molar-refractivity contribution in [1.82, 2.24) is 5.32 Å². The first-order valence-electron chi connectivity index (χ1n) is 6.45. The van der Waals surface area contributed by atoms with Crippen LogP contribution in [0.2, 0.25) is 0 Å². The number of aliphatic hydroxyl groups is 1. The minimum atomic E-state index is -0.449. The third-order valence-electron chi connectivity index (χ3n) is 3.23. The molecule has 2 rings (SSSR count). The van der Waals surface area contributed by atoms with Crippen molar-refractivity contribution in [1.29, 1.82) is 0 Å². The van der Waals surface area contributed by atoms with Crippen molar-refractivity contribution < 1.29 is 14.8 Å². The summed E-state index contributed by atoms with van der Waals surface area (Å²) in [5, 5.41) is 22.8. The highest BCUT2D eigenvalue weighted by Crippen LogP contribution is 2.24. The molecule has 0 radical (unpaired) electrons. The second-order valence-corrected chi connectivity index (χ2v) is 5.87. The molecule has 7 heteroatoms. The summed E-state index contributed by atoms with van der Waals surface area (Å²) in [6.45, 7) is 0. The van der Waals surface area contributed by atoms with Crippen LogP contribution in [0, 0.1) is 10.1 Å². The number of amides is 1. The minimum absolute atomic E-state index is 0.0614. The first kappa shape index (κ1) is 14.7. The van der Waals surface area contributed by atoms with Crippen LogP contribution in [0.25, 0.3) is 6.08 Å². The van der Waals surface area contributed by atoms with Gasteiger partial charge < -0.3 is 10.4 Å². The third kappa shape index (κ3) is 4.14. The van der Waals surface area contributed by atoms with Gasteiger partial charge in [-0.15, -0.1) is 0 Å². The quantitative estimate of drug-likeness (QED) is 0.505. The van der Waals surface area contributed by atoms with Gasteiger partial charge in [0.1, 0.15) is 0 Å². The van der Waals surface area contributed by atoms with Gasteiger partial charge in [0, 0.05) is 23.1 Å². The van der Waals surface area contributed by atoms with Crippen LogP contribution >= 0.6 is 11.3 Å². The maximum atomic E-state index is 11.7. The molecule has 1 amide bonds. The summed E-state index contributed by atoms with van der Waals surface area (Å²) >= 11 is 1.03. The highest BCUT2D eigenvalue weighted by molar-refractivity contribution is 7.16. The predicted molar refractivity (Wildman–Crippen MR) is 76.4 cm³/mol. The Morgan fingerprint density at radius 2 is 2.10 bits per heavy atom. The molecule has 108 valence electrons. The zero-order valence-electron chi connectivity index (χ0n) is 10.8. The monoisotopic (exact) mass is 296 g/mol. The van der Waals surface area contributed by atoms with Crippen molar-refractivity contribution in [2.24, 2.45) is 0 Å². The summed E-state index contributed by atoms with van der Waals surface area (Å²) in [5.74, 6) is -0.206. The first-order valence-corrected chi connectivity index (χ1v) is 7.27. The Morgan fingerprint density at radius 3 is 2.70 bits per heavy atom. The molecule has 0 unspecified atom stereocenters. The van der Waals surface area contributed by atoms with Crippen LogP contribution in [-0.4, -0.2) is 28.1 Å². The highest BCUT2D eigenvalue weighted by Gasteiger charge is 2.19. The summed E-state index contributed by atoms with van der Waals surface area (Å²) in [5.41, 5.74) is 0. The summed E-state index contributed by atoms with van der Waals surface area (Å²) in [6.07, 6.45) is 5.71. The van der Waals surface area contributed by atoms with E-state index in [9.17, 15) is 20.0 Å². The van der Waals surface area contributed by atoms with Gasteiger partial charge in [-0.3, -0.25) is 14.9 Å². The van der Waals surface area contributed by atoms with Crippen molar-refractivity contribution in [3.8, 4) is 0 Å². The fraction of sp³-hybridized carbons (Fsp3) is 0.462. The van der Waals surface area contributed by atoms with Crippen molar-refractivity contribution >= 4 is 28.3 Å². The molecule has 1 aromatic rings. The van der Waals surface area contributed by atoms with E-state index >= 15 is 0 Å². The molecular weight excluding hydrogens is 280 g/mol. The lowest BCUT2D eigenvalue weighted by atomic mass is 9.93. The second kappa shape index (κ2) is 6.62.